The van der Waals surface area contributed by atoms with Crippen molar-refractivity contribution in [2.24, 2.45) is 0 Å². The average molecular weight is 168 g/mol. The Kier molecular flexibility index (Phi) is 2.33. The van der Waals surface area contributed by atoms with Crippen LogP contribution in [0.5, 0.6) is 0 Å². The quantitative estimate of drug-likeness (QED) is 0.623. The van der Waals surface area contributed by atoms with E-state index in [0.29, 0.717) is 0 Å². The normalized spacial score (nSPS) is 24.1. The van der Waals surface area contributed by atoms with Gasteiger partial charge in [0.2, 0.25) is 0 Å². The molecule has 1 fully saturated rings. The zero-order valence-electron chi connectivity index (χ0n) is 7.37. The van der Waals surface area contributed by atoms with Gasteiger partial charge in [-0.1, -0.05) is 6.08 Å². The summed E-state index contributed by atoms with van der Waals surface area (Å²) in [6.07, 6.45) is 3.53. The Balaban J connectivity index is 1.91. The molecule has 3 heteroatoms. The topological polar surface area (TPSA) is 26.7 Å². The fraction of sp³-hybridized carbons (Fsp3) is 0.778. The number of piperazine rings is 1. The number of fused-ring (bicyclic) bond motifs is 1. The Morgan fingerprint density at radius 2 is 2.25 bits per heavy atom. The average Bonchev–Trinajstić information content (AvgIpc) is 2.51. The molecule has 0 bridgehead atoms. The van der Waals surface area contributed by atoms with E-state index >= 15 is 0 Å². The highest BCUT2D eigenvalue weighted by Gasteiger charge is 2.22. The molecule has 0 aromatic rings. The first kappa shape index (κ1) is 8.08. The Hall–Kier alpha value is -0.540. The standard InChI is InChI=1S/C9H16N2O/c12-7-6-10-4-5-11-3-1-2-9(11)8-10/h2,12H,1,3-8H2. The molecule has 0 radical (unpaired) electrons. The maximum atomic E-state index is 8.78. The minimum Gasteiger partial charge on any atom is -0.395 e. The first-order valence-electron chi connectivity index (χ1n) is 4.67. The molecule has 0 spiro atoms. The summed E-state index contributed by atoms with van der Waals surface area (Å²) in [5.41, 5.74) is 1.47. The van der Waals surface area contributed by atoms with Gasteiger partial charge in [0.1, 0.15) is 0 Å². The van der Waals surface area contributed by atoms with E-state index in [4.69, 9.17) is 5.11 Å². The highest BCUT2D eigenvalue weighted by atomic mass is 16.3. The van der Waals surface area contributed by atoms with Gasteiger partial charge in [0, 0.05) is 38.4 Å². The number of β-amino-alcohol motifs (C(OH)–C–C–N with tert-alkyl or cyclic N) is 1. The third kappa shape index (κ3) is 1.47. The molecule has 0 aromatic heterocycles. The summed E-state index contributed by atoms with van der Waals surface area (Å²) < 4.78 is 0. The number of nitrogens with zero attached hydrogens (tertiary/aromatic N) is 2. The van der Waals surface area contributed by atoms with Gasteiger partial charge in [0.15, 0.2) is 0 Å². The van der Waals surface area contributed by atoms with Crippen molar-refractivity contribution in [2.45, 2.75) is 6.42 Å². The van der Waals surface area contributed by atoms with E-state index in [1.165, 1.54) is 18.7 Å². The fourth-order valence-corrected chi connectivity index (χ4v) is 1.98. The minimum atomic E-state index is 0.285. The molecule has 12 heavy (non-hydrogen) atoms. The molecule has 68 valence electrons. The first-order valence-corrected chi connectivity index (χ1v) is 4.67. The first-order chi connectivity index (χ1) is 5.90. The molecule has 0 saturated carbocycles. The smallest absolute Gasteiger partial charge is 0.0558 e. The third-order valence-corrected chi connectivity index (χ3v) is 2.67. The number of rotatable bonds is 2. The summed E-state index contributed by atoms with van der Waals surface area (Å²) in [7, 11) is 0. The summed E-state index contributed by atoms with van der Waals surface area (Å²) in [4.78, 5) is 4.77. The summed E-state index contributed by atoms with van der Waals surface area (Å²) in [6.45, 7) is 5.62. The number of hydrogen-bond acceptors (Lipinski definition) is 3. The highest BCUT2D eigenvalue weighted by molar-refractivity contribution is 5.11. The van der Waals surface area contributed by atoms with Gasteiger partial charge in [-0.15, -0.1) is 0 Å². The second-order valence-electron chi connectivity index (χ2n) is 3.47. The van der Waals surface area contributed by atoms with E-state index in [9.17, 15) is 0 Å². The molecule has 2 rings (SSSR count). The van der Waals surface area contributed by atoms with E-state index in [2.05, 4.69) is 15.9 Å². The van der Waals surface area contributed by atoms with Crippen LogP contribution in [0.3, 0.4) is 0 Å². The molecule has 0 atom stereocenters. The van der Waals surface area contributed by atoms with E-state index in [1.54, 1.807) is 0 Å². The lowest BCUT2D eigenvalue weighted by Gasteiger charge is -2.35. The molecule has 3 nitrogen and oxygen atoms in total. The molecule has 2 heterocycles. The molecular weight excluding hydrogens is 152 g/mol. The summed E-state index contributed by atoms with van der Waals surface area (Å²) >= 11 is 0. The summed E-state index contributed by atoms with van der Waals surface area (Å²) in [5.74, 6) is 0. The van der Waals surface area contributed by atoms with Crippen LogP contribution in [0.2, 0.25) is 0 Å². The van der Waals surface area contributed by atoms with Crippen molar-refractivity contribution in [3.05, 3.63) is 11.8 Å². The van der Waals surface area contributed by atoms with Crippen molar-refractivity contribution in [3.8, 4) is 0 Å². The van der Waals surface area contributed by atoms with Crippen molar-refractivity contribution in [1.82, 2.24) is 9.80 Å². The second kappa shape index (κ2) is 3.46. The summed E-state index contributed by atoms with van der Waals surface area (Å²) in [5, 5.41) is 8.78. The van der Waals surface area contributed by atoms with Crippen LogP contribution < -0.4 is 0 Å². The molecule has 2 aliphatic rings. The lowest BCUT2D eigenvalue weighted by atomic mass is 10.3. The van der Waals surface area contributed by atoms with Crippen LogP contribution in [0.1, 0.15) is 6.42 Å². The zero-order valence-corrected chi connectivity index (χ0v) is 7.37. The lowest BCUT2D eigenvalue weighted by Crippen LogP contribution is -2.44. The van der Waals surface area contributed by atoms with Crippen molar-refractivity contribution in [2.75, 3.05) is 39.3 Å². The van der Waals surface area contributed by atoms with E-state index < -0.39 is 0 Å². The maximum absolute atomic E-state index is 8.78. The van der Waals surface area contributed by atoms with Crippen LogP contribution in [-0.4, -0.2) is 54.2 Å². The Bertz CT molecular complexity index is 191. The molecule has 0 aromatic carbocycles. The number of aliphatic hydroxyl groups excluding tert-OH is 1. The van der Waals surface area contributed by atoms with Crippen LogP contribution in [0.25, 0.3) is 0 Å². The van der Waals surface area contributed by atoms with Crippen LogP contribution in [0.15, 0.2) is 11.8 Å². The van der Waals surface area contributed by atoms with Gasteiger partial charge >= 0.3 is 0 Å². The van der Waals surface area contributed by atoms with E-state index in [0.717, 1.165) is 26.2 Å². The van der Waals surface area contributed by atoms with Crippen molar-refractivity contribution < 1.29 is 5.11 Å². The fourth-order valence-electron chi connectivity index (χ4n) is 1.98. The largest absolute Gasteiger partial charge is 0.395 e. The molecule has 0 unspecified atom stereocenters. The molecule has 1 saturated heterocycles. The van der Waals surface area contributed by atoms with Gasteiger partial charge in [0.25, 0.3) is 0 Å². The second-order valence-corrected chi connectivity index (χ2v) is 3.47. The Morgan fingerprint density at radius 1 is 1.33 bits per heavy atom. The molecular formula is C9H16N2O. The molecule has 2 aliphatic heterocycles. The van der Waals surface area contributed by atoms with Crippen LogP contribution in [0.4, 0.5) is 0 Å². The monoisotopic (exact) mass is 168 g/mol. The molecule has 0 aliphatic carbocycles. The van der Waals surface area contributed by atoms with Gasteiger partial charge in [0.05, 0.1) is 6.61 Å². The molecule has 0 amide bonds. The number of hydrogen-bond donors (Lipinski definition) is 1. The zero-order chi connectivity index (χ0) is 8.39. The number of aliphatic hydroxyl groups is 1. The third-order valence-electron chi connectivity index (χ3n) is 2.67. The van der Waals surface area contributed by atoms with Gasteiger partial charge in [-0.25, -0.2) is 0 Å². The van der Waals surface area contributed by atoms with Crippen LogP contribution >= 0.6 is 0 Å². The van der Waals surface area contributed by atoms with Crippen molar-refractivity contribution in [1.29, 1.82) is 0 Å². The molecule has 1 N–H and O–H groups in total. The van der Waals surface area contributed by atoms with Gasteiger partial charge in [-0.2, -0.15) is 0 Å². The van der Waals surface area contributed by atoms with Gasteiger partial charge in [-0.3, -0.25) is 4.90 Å². The predicted octanol–water partition coefficient (Wildman–Crippen LogP) is -0.116. The minimum absolute atomic E-state index is 0.285. The van der Waals surface area contributed by atoms with Gasteiger partial charge in [-0.05, 0) is 6.42 Å². The Labute approximate surface area is 73.3 Å². The van der Waals surface area contributed by atoms with Crippen LogP contribution in [-0.2, 0) is 0 Å². The lowest BCUT2D eigenvalue weighted by molar-refractivity contribution is 0.153. The van der Waals surface area contributed by atoms with Crippen LogP contribution in [0, 0.1) is 0 Å². The highest BCUT2D eigenvalue weighted by Crippen LogP contribution is 2.19. The van der Waals surface area contributed by atoms with Gasteiger partial charge < -0.3 is 10.0 Å². The van der Waals surface area contributed by atoms with Crippen molar-refractivity contribution >= 4 is 0 Å². The maximum Gasteiger partial charge on any atom is 0.0558 e. The van der Waals surface area contributed by atoms with E-state index in [1.807, 2.05) is 0 Å². The Morgan fingerprint density at radius 3 is 3.08 bits per heavy atom. The predicted molar refractivity (Wildman–Crippen MR) is 47.8 cm³/mol. The summed E-state index contributed by atoms with van der Waals surface area (Å²) in [6, 6.07) is 0. The van der Waals surface area contributed by atoms with E-state index in [-0.39, 0.29) is 6.61 Å². The SMILES string of the molecule is OCCN1CCN2CCC=C2C1. The van der Waals surface area contributed by atoms with Crippen molar-refractivity contribution in [3.63, 3.8) is 0 Å².